The second-order valence-corrected chi connectivity index (χ2v) is 4.61. The third-order valence-corrected chi connectivity index (χ3v) is 2.86. The van der Waals surface area contributed by atoms with E-state index in [1.54, 1.807) is 17.1 Å². The van der Waals surface area contributed by atoms with E-state index >= 15 is 0 Å². The lowest BCUT2D eigenvalue weighted by atomic mass is 10.2. The van der Waals surface area contributed by atoms with Gasteiger partial charge in [0.25, 0.3) is 0 Å². The average Bonchev–Trinajstić information content (AvgIpc) is 2.86. The van der Waals surface area contributed by atoms with Crippen LogP contribution >= 0.6 is 0 Å². The maximum absolute atomic E-state index is 13.6. The molecule has 0 atom stereocenters. The first-order chi connectivity index (χ1) is 9.71. The molecule has 0 aliphatic carbocycles. The van der Waals surface area contributed by atoms with Crippen LogP contribution in [0.5, 0.6) is 11.5 Å². The number of nitrogens with one attached hydrogen (secondary N) is 1. The van der Waals surface area contributed by atoms with Gasteiger partial charge in [-0.05, 0) is 37.6 Å². The first-order valence-electron chi connectivity index (χ1n) is 6.91. The summed E-state index contributed by atoms with van der Waals surface area (Å²) in [5.41, 5.74) is 0.872. The van der Waals surface area contributed by atoms with Gasteiger partial charge >= 0.3 is 0 Å². The van der Waals surface area contributed by atoms with Gasteiger partial charge in [0.2, 0.25) is 0 Å². The van der Waals surface area contributed by atoms with Crippen LogP contribution in [0.2, 0.25) is 0 Å². The summed E-state index contributed by atoms with van der Waals surface area (Å²) in [5, 5.41) is 7.37. The quantitative estimate of drug-likeness (QED) is 0.789. The molecule has 0 aliphatic heterocycles. The summed E-state index contributed by atoms with van der Waals surface area (Å²) in [6.07, 6.45) is 4.47. The molecule has 0 spiro atoms. The van der Waals surface area contributed by atoms with Crippen LogP contribution < -0.4 is 10.1 Å². The van der Waals surface area contributed by atoms with Crippen molar-refractivity contribution in [3.8, 4) is 11.5 Å². The highest BCUT2D eigenvalue weighted by atomic mass is 19.1. The Labute approximate surface area is 118 Å². The zero-order valence-corrected chi connectivity index (χ0v) is 11.9. The van der Waals surface area contributed by atoms with Crippen molar-refractivity contribution in [3.05, 3.63) is 42.0 Å². The van der Waals surface area contributed by atoms with Gasteiger partial charge in [0.15, 0.2) is 5.75 Å². The molecule has 1 aromatic carbocycles. The van der Waals surface area contributed by atoms with Crippen LogP contribution in [-0.2, 0) is 13.1 Å². The largest absolute Gasteiger partial charge is 0.454 e. The number of hydrogen-bond donors (Lipinski definition) is 1. The van der Waals surface area contributed by atoms with E-state index in [0.29, 0.717) is 18.0 Å². The maximum Gasteiger partial charge on any atom is 0.165 e. The number of aryl methyl sites for hydroxylation is 1. The molecule has 5 heteroatoms. The zero-order chi connectivity index (χ0) is 14.4. The number of halogens is 1. The van der Waals surface area contributed by atoms with Crippen molar-refractivity contribution < 1.29 is 9.13 Å². The summed E-state index contributed by atoms with van der Waals surface area (Å²) in [6, 6.07) is 4.74. The maximum atomic E-state index is 13.6. The third-order valence-electron chi connectivity index (χ3n) is 2.86. The lowest BCUT2D eigenvalue weighted by molar-refractivity contribution is 0.474. The van der Waals surface area contributed by atoms with Gasteiger partial charge in [-0.25, -0.2) is 4.39 Å². The lowest BCUT2D eigenvalue weighted by Gasteiger charge is -2.07. The number of benzene rings is 1. The highest BCUT2D eigenvalue weighted by molar-refractivity contribution is 5.33. The van der Waals surface area contributed by atoms with Crippen molar-refractivity contribution in [2.75, 3.05) is 6.54 Å². The Bertz CT molecular complexity index is 554. The molecule has 0 radical (unpaired) electrons. The van der Waals surface area contributed by atoms with Gasteiger partial charge in [0.05, 0.1) is 12.4 Å². The SMILES string of the molecule is CCCNCc1cc(F)cc(Oc2cnn(CC)c2)c1. The van der Waals surface area contributed by atoms with Gasteiger partial charge < -0.3 is 10.1 Å². The molecular formula is C15H20FN3O. The van der Waals surface area contributed by atoms with Crippen molar-refractivity contribution in [3.63, 3.8) is 0 Å². The van der Waals surface area contributed by atoms with Gasteiger partial charge in [0, 0.05) is 19.2 Å². The summed E-state index contributed by atoms with van der Waals surface area (Å²) in [5.74, 6) is 0.817. The van der Waals surface area contributed by atoms with Crippen molar-refractivity contribution in [1.82, 2.24) is 15.1 Å². The van der Waals surface area contributed by atoms with Crippen molar-refractivity contribution >= 4 is 0 Å². The van der Waals surface area contributed by atoms with E-state index in [1.165, 1.54) is 12.1 Å². The van der Waals surface area contributed by atoms with Gasteiger partial charge in [-0.2, -0.15) is 5.10 Å². The van der Waals surface area contributed by atoms with Crippen LogP contribution in [0.3, 0.4) is 0 Å². The highest BCUT2D eigenvalue weighted by Crippen LogP contribution is 2.23. The Morgan fingerprint density at radius 2 is 2.10 bits per heavy atom. The van der Waals surface area contributed by atoms with Crippen molar-refractivity contribution in [1.29, 1.82) is 0 Å². The molecule has 0 unspecified atom stereocenters. The minimum Gasteiger partial charge on any atom is -0.454 e. The minimum absolute atomic E-state index is 0.293. The van der Waals surface area contributed by atoms with Crippen LogP contribution in [0, 0.1) is 5.82 Å². The molecule has 0 aliphatic rings. The summed E-state index contributed by atoms with van der Waals surface area (Å²) in [4.78, 5) is 0. The highest BCUT2D eigenvalue weighted by Gasteiger charge is 2.05. The monoisotopic (exact) mass is 277 g/mol. The molecule has 1 N–H and O–H groups in total. The molecule has 1 aromatic heterocycles. The van der Waals surface area contributed by atoms with E-state index in [0.717, 1.165) is 25.1 Å². The normalized spacial score (nSPS) is 10.8. The predicted octanol–water partition coefficient (Wildman–Crippen LogP) is 3.33. The second-order valence-electron chi connectivity index (χ2n) is 4.61. The molecular weight excluding hydrogens is 257 g/mol. The van der Waals surface area contributed by atoms with Crippen LogP contribution in [0.25, 0.3) is 0 Å². The van der Waals surface area contributed by atoms with Gasteiger partial charge in [-0.3, -0.25) is 4.68 Å². The average molecular weight is 277 g/mol. The fraction of sp³-hybridized carbons (Fsp3) is 0.400. The number of aromatic nitrogens is 2. The first kappa shape index (κ1) is 14.5. The van der Waals surface area contributed by atoms with E-state index in [-0.39, 0.29) is 5.82 Å². The standard InChI is InChI=1S/C15H20FN3O/c1-3-5-17-9-12-6-13(16)8-14(7-12)20-15-10-18-19(4-2)11-15/h6-8,10-11,17H,3-5,9H2,1-2H3. The Morgan fingerprint density at radius 3 is 2.80 bits per heavy atom. The molecule has 2 aromatic rings. The first-order valence-corrected chi connectivity index (χ1v) is 6.91. The molecule has 20 heavy (non-hydrogen) atoms. The Kier molecular flexibility index (Phi) is 5.12. The summed E-state index contributed by atoms with van der Waals surface area (Å²) < 4.78 is 21.0. The number of nitrogens with zero attached hydrogens (tertiary/aromatic N) is 2. The number of ether oxygens (including phenoxy) is 1. The van der Waals surface area contributed by atoms with E-state index < -0.39 is 0 Å². The Balaban J connectivity index is 2.06. The topological polar surface area (TPSA) is 39.1 Å². The van der Waals surface area contributed by atoms with E-state index in [2.05, 4.69) is 17.3 Å². The lowest BCUT2D eigenvalue weighted by Crippen LogP contribution is -2.13. The second kappa shape index (κ2) is 7.05. The van der Waals surface area contributed by atoms with Crippen molar-refractivity contribution in [2.45, 2.75) is 33.4 Å². The van der Waals surface area contributed by atoms with Gasteiger partial charge in [-0.15, -0.1) is 0 Å². The number of hydrogen-bond acceptors (Lipinski definition) is 3. The Hall–Kier alpha value is -1.88. The molecule has 4 nitrogen and oxygen atoms in total. The molecule has 0 saturated carbocycles. The summed E-state index contributed by atoms with van der Waals surface area (Å²) >= 11 is 0. The fourth-order valence-corrected chi connectivity index (χ4v) is 1.90. The zero-order valence-electron chi connectivity index (χ0n) is 11.9. The molecule has 0 saturated heterocycles. The molecule has 108 valence electrons. The predicted molar refractivity (Wildman–Crippen MR) is 76.4 cm³/mol. The minimum atomic E-state index is -0.293. The molecule has 0 amide bonds. The molecule has 2 rings (SSSR count). The smallest absolute Gasteiger partial charge is 0.165 e. The van der Waals surface area contributed by atoms with Crippen LogP contribution in [0.4, 0.5) is 4.39 Å². The number of rotatable bonds is 7. The fourth-order valence-electron chi connectivity index (χ4n) is 1.90. The summed E-state index contributed by atoms with van der Waals surface area (Å²) in [6.45, 7) is 6.42. The molecule has 1 heterocycles. The molecule has 0 fully saturated rings. The van der Waals surface area contributed by atoms with Crippen LogP contribution in [0.1, 0.15) is 25.8 Å². The van der Waals surface area contributed by atoms with Crippen LogP contribution in [-0.4, -0.2) is 16.3 Å². The summed E-state index contributed by atoms with van der Waals surface area (Å²) in [7, 11) is 0. The van der Waals surface area contributed by atoms with E-state index in [9.17, 15) is 4.39 Å². The van der Waals surface area contributed by atoms with E-state index in [4.69, 9.17) is 4.74 Å². The Morgan fingerprint density at radius 1 is 1.25 bits per heavy atom. The third kappa shape index (κ3) is 4.06. The molecule has 0 bridgehead atoms. The van der Waals surface area contributed by atoms with Crippen LogP contribution in [0.15, 0.2) is 30.6 Å². The van der Waals surface area contributed by atoms with E-state index in [1.807, 2.05) is 13.0 Å². The van der Waals surface area contributed by atoms with Crippen molar-refractivity contribution in [2.24, 2.45) is 0 Å². The van der Waals surface area contributed by atoms with Gasteiger partial charge in [0.1, 0.15) is 11.6 Å². The van der Waals surface area contributed by atoms with Gasteiger partial charge in [-0.1, -0.05) is 6.92 Å².